The first-order valence-electron chi connectivity index (χ1n) is 8.43. The molecule has 1 aliphatic heterocycles. The van der Waals surface area contributed by atoms with Gasteiger partial charge in [0.05, 0.1) is 6.54 Å². The number of rotatable bonds is 7. The third-order valence-corrected chi connectivity index (χ3v) is 5.24. The maximum atomic E-state index is 11.9. The Labute approximate surface area is 143 Å². The van der Waals surface area contributed by atoms with Crippen LogP contribution in [0.5, 0.6) is 0 Å². The van der Waals surface area contributed by atoms with Crippen molar-refractivity contribution in [2.24, 2.45) is 4.99 Å². The number of nitrogens with one attached hydrogen (secondary N) is 2. The van der Waals surface area contributed by atoms with Crippen LogP contribution < -0.4 is 10.6 Å². The topological polar surface area (TPSA) is 56.7 Å². The summed E-state index contributed by atoms with van der Waals surface area (Å²) in [6, 6.07) is 4.62. The molecule has 5 nitrogen and oxygen atoms in total. The molecule has 1 aliphatic rings. The average molecular weight is 337 g/mol. The van der Waals surface area contributed by atoms with Crippen molar-refractivity contribution in [2.45, 2.75) is 52.1 Å². The van der Waals surface area contributed by atoms with Crippen molar-refractivity contribution in [3.8, 4) is 0 Å². The second-order valence-corrected chi connectivity index (χ2v) is 7.28. The number of hydrogen-bond acceptors (Lipinski definition) is 3. The van der Waals surface area contributed by atoms with E-state index in [0.717, 1.165) is 44.9 Å². The van der Waals surface area contributed by atoms with E-state index in [9.17, 15) is 4.79 Å². The highest BCUT2D eigenvalue weighted by molar-refractivity contribution is 7.11. The molecule has 2 N–H and O–H groups in total. The van der Waals surface area contributed by atoms with E-state index < -0.39 is 0 Å². The van der Waals surface area contributed by atoms with Gasteiger partial charge in [0, 0.05) is 42.4 Å². The van der Waals surface area contributed by atoms with Gasteiger partial charge in [-0.25, -0.2) is 0 Å². The number of nitrogens with zero attached hydrogens (tertiary/aromatic N) is 2. The molecule has 0 bridgehead atoms. The van der Waals surface area contributed by atoms with Crippen LogP contribution in [0.25, 0.3) is 0 Å². The van der Waals surface area contributed by atoms with Gasteiger partial charge in [0.15, 0.2) is 5.96 Å². The minimum absolute atomic E-state index is 0.312. The van der Waals surface area contributed by atoms with Crippen molar-refractivity contribution in [3.63, 3.8) is 0 Å². The van der Waals surface area contributed by atoms with E-state index in [2.05, 4.69) is 41.6 Å². The van der Waals surface area contributed by atoms with Gasteiger partial charge in [0.1, 0.15) is 0 Å². The Kier molecular flexibility index (Phi) is 6.89. The number of amides is 1. The molecule has 1 aromatic rings. The first kappa shape index (κ1) is 17.8. The minimum Gasteiger partial charge on any atom is -0.356 e. The van der Waals surface area contributed by atoms with Crippen LogP contribution in [0.3, 0.4) is 0 Å². The summed E-state index contributed by atoms with van der Waals surface area (Å²) >= 11 is 1.80. The zero-order valence-corrected chi connectivity index (χ0v) is 15.2. The first-order valence-corrected chi connectivity index (χ1v) is 9.25. The lowest BCUT2D eigenvalue weighted by Gasteiger charge is -2.27. The van der Waals surface area contributed by atoms with Crippen LogP contribution >= 0.6 is 11.3 Å². The van der Waals surface area contributed by atoms with E-state index in [-0.39, 0.29) is 0 Å². The summed E-state index contributed by atoms with van der Waals surface area (Å²) in [4.78, 5) is 20.8. The molecule has 0 spiro atoms. The lowest BCUT2D eigenvalue weighted by molar-refractivity contribution is -0.129. The van der Waals surface area contributed by atoms with Gasteiger partial charge in [-0.1, -0.05) is 6.92 Å². The maximum Gasteiger partial charge on any atom is 0.222 e. The Bertz CT molecular complexity index is 540. The van der Waals surface area contributed by atoms with Gasteiger partial charge in [0.2, 0.25) is 5.91 Å². The first-order chi connectivity index (χ1) is 11.1. The van der Waals surface area contributed by atoms with Gasteiger partial charge in [-0.2, -0.15) is 0 Å². The molecule has 2 rings (SSSR count). The molecule has 0 radical (unpaired) electrons. The Balaban J connectivity index is 1.73. The molecular formula is C17H28N4OS. The predicted molar refractivity (Wildman–Crippen MR) is 96.9 cm³/mol. The molecule has 1 fully saturated rings. The SMILES string of the molecule is CCC(CCNC(=NC)NCc1ccc(C)s1)N1CCCC1=O. The Morgan fingerprint density at radius 1 is 1.43 bits per heavy atom. The smallest absolute Gasteiger partial charge is 0.222 e. The van der Waals surface area contributed by atoms with Gasteiger partial charge >= 0.3 is 0 Å². The third-order valence-electron chi connectivity index (χ3n) is 4.24. The molecule has 128 valence electrons. The van der Waals surface area contributed by atoms with E-state index in [1.165, 1.54) is 9.75 Å². The van der Waals surface area contributed by atoms with Gasteiger partial charge < -0.3 is 15.5 Å². The van der Waals surface area contributed by atoms with Crippen LogP contribution in [0.1, 0.15) is 42.4 Å². The molecule has 0 aliphatic carbocycles. The monoisotopic (exact) mass is 336 g/mol. The van der Waals surface area contributed by atoms with Gasteiger partial charge in [-0.15, -0.1) is 11.3 Å². The number of guanidine groups is 1. The highest BCUT2D eigenvalue weighted by atomic mass is 32.1. The number of carbonyl (C=O) groups excluding carboxylic acids is 1. The molecule has 1 amide bonds. The van der Waals surface area contributed by atoms with Gasteiger partial charge in [0.25, 0.3) is 0 Å². The summed E-state index contributed by atoms with van der Waals surface area (Å²) in [5, 5.41) is 6.69. The average Bonchev–Trinajstić information content (AvgIpc) is 3.15. The summed E-state index contributed by atoms with van der Waals surface area (Å²) in [7, 11) is 1.79. The van der Waals surface area contributed by atoms with Crippen LogP contribution in [-0.2, 0) is 11.3 Å². The quantitative estimate of drug-likeness (QED) is 0.594. The number of hydrogen-bond donors (Lipinski definition) is 2. The normalized spacial score (nSPS) is 16.7. The van der Waals surface area contributed by atoms with Crippen LogP contribution in [0, 0.1) is 6.92 Å². The molecule has 6 heteroatoms. The zero-order chi connectivity index (χ0) is 16.7. The Hall–Kier alpha value is -1.56. The lowest BCUT2D eigenvalue weighted by Crippen LogP contribution is -2.41. The summed E-state index contributed by atoms with van der Waals surface area (Å²) in [5.41, 5.74) is 0. The van der Waals surface area contributed by atoms with Crippen LogP contribution in [0.2, 0.25) is 0 Å². The molecular weight excluding hydrogens is 308 g/mol. The van der Waals surface area contributed by atoms with Crippen LogP contribution in [0.4, 0.5) is 0 Å². The number of carbonyl (C=O) groups is 1. The molecule has 23 heavy (non-hydrogen) atoms. The molecule has 1 saturated heterocycles. The van der Waals surface area contributed by atoms with Gasteiger partial charge in [-0.3, -0.25) is 9.79 Å². The Morgan fingerprint density at radius 3 is 2.83 bits per heavy atom. The molecule has 2 heterocycles. The Morgan fingerprint density at radius 2 is 2.26 bits per heavy atom. The number of likely N-dealkylation sites (tertiary alicyclic amines) is 1. The van der Waals surface area contributed by atoms with Crippen molar-refractivity contribution < 1.29 is 4.79 Å². The zero-order valence-electron chi connectivity index (χ0n) is 14.4. The standard InChI is InChI=1S/C17H28N4OS/c1-4-14(21-11-5-6-16(21)22)9-10-19-17(18-3)20-12-15-8-7-13(2)23-15/h7-8,14H,4-6,9-12H2,1-3H3,(H2,18,19,20). The molecule has 1 atom stereocenters. The molecule has 0 aromatic carbocycles. The highest BCUT2D eigenvalue weighted by Gasteiger charge is 2.26. The summed E-state index contributed by atoms with van der Waals surface area (Å²) in [6.45, 7) is 6.81. The summed E-state index contributed by atoms with van der Waals surface area (Å²) in [5.74, 6) is 1.13. The maximum absolute atomic E-state index is 11.9. The highest BCUT2D eigenvalue weighted by Crippen LogP contribution is 2.17. The summed E-state index contributed by atoms with van der Waals surface area (Å²) in [6.07, 6.45) is 3.69. The molecule has 1 unspecified atom stereocenters. The van der Waals surface area contributed by atoms with E-state index in [1.54, 1.807) is 18.4 Å². The van der Waals surface area contributed by atoms with Crippen LogP contribution in [-0.4, -0.2) is 42.9 Å². The van der Waals surface area contributed by atoms with Crippen molar-refractivity contribution >= 4 is 23.2 Å². The van der Waals surface area contributed by atoms with Crippen molar-refractivity contribution in [1.82, 2.24) is 15.5 Å². The fraction of sp³-hybridized carbons (Fsp3) is 0.647. The lowest BCUT2D eigenvalue weighted by atomic mass is 10.1. The second-order valence-electron chi connectivity index (χ2n) is 5.91. The predicted octanol–water partition coefficient (Wildman–Crippen LogP) is 2.51. The van der Waals surface area contributed by atoms with Crippen molar-refractivity contribution in [3.05, 3.63) is 21.9 Å². The number of aryl methyl sites for hydroxylation is 1. The van der Waals surface area contributed by atoms with E-state index >= 15 is 0 Å². The van der Waals surface area contributed by atoms with E-state index in [0.29, 0.717) is 18.4 Å². The minimum atomic E-state index is 0.312. The molecule has 0 saturated carbocycles. The van der Waals surface area contributed by atoms with E-state index in [4.69, 9.17) is 0 Å². The number of aliphatic imine (C=N–C) groups is 1. The largest absolute Gasteiger partial charge is 0.356 e. The van der Waals surface area contributed by atoms with Gasteiger partial charge in [-0.05, 0) is 38.3 Å². The van der Waals surface area contributed by atoms with E-state index in [1.807, 2.05) is 4.90 Å². The van der Waals surface area contributed by atoms with Crippen molar-refractivity contribution in [2.75, 3.05) is 20.1 Å². The molecule has 1 aromatic heterocycles. The fourth-order valence-corrected chi connectivity index (χ4v) is 3.79. The van der Waals surface area contributed by atoms with Crippen LogP contribution in [0.15, 0.2) is 17.1 Å². The fourth-order valence-electron chi connectivity index (χ4n) is 2.96. The second kappa shape index (κ2) is 8.91. The number of thiophene rings is 1. The third kappa shape index (κ3) is 5.23. The summed E-state index contributed by atoms with van der Waals surface area (Å²) < 4.78 is 0. The van der Waals surface area contributed by atoms with Crippen molar-refractivity contribution in [1.29, 1.82) is 0 Å².